The van der Waals surface area contributed by atoms with E-state index in [2.05, 4.69) is 5.32 Å². The van der Waals surface area contributed by atoms with Crippen molar-refractivity contribution in [3.05, 3.63) is 95.0 Å². The van der Waals surface area contributed by atoms with Crippen LogP contribution in [-0.2, 0) is 22.6 Å². The normalized spacial score (nSPS) is 14.1. The molecular weight excluding hydrogens is 488 g/mol. The van der Waals surface area contributed by atoms with Crippen LogP contribution in [0.5, 0.6) is 11.5 Å². The average Bonchev–Trinajstić information content (AvgIpc) is 3.43. The van der Waals surface area contributed by atoms with E-state index >= 15 is 0 Å². The Bertz CT molecular complexity index is 1180. The molecule has 2 amide bonds. The second-order valence-corrected chi connectivity index (χ2v) is 9.72. The van der Waals surface area contributed by atoms with Gasteiger partial charge in [-0.2, -0.15) is 0 Å². The number of hydrogen-bond donors (Lipinski definition) is 1. The molecule has 0 aromatic heterocycles. The SMILES string of the molecule is COc1ccccc1OCC(=O)N(Cc1cccc(Cl)c1)[C@H](Cc1ccccc1)C(=O)NC1CCCC1. The van der Waals surface area contributed by atoms with Crippen molar-refractivity contribution in [2.75, 3.05) is 13.7 Å². The van der Waals surface area contributed by atoms with Crippen molar-refractivity contribution in [3.63, 3.8) is 0 Å². The van der Waals surface area contributed by atoms with Gasteiger partial charge in [-0.25, -0.2) is 0 Å². The molecule has 0 bridgehead atoms. The summed E-state index contributed by atoms with van der Waals surface area (Å²) in [4.78, 5) is 29.0. The monoisotopic (exact) mass is 520 g/mol. The quantitative estimate of drug-likeness (QED) is 0.366. The number of nitrogens with zero attached hydrogens (tertiary/aromatic N) is 1. The zero-order chi connectivity index (χ0) is 26.0. The molecule has 37 heavy (non-hydrogen) atoms. The van der Waals surface area contributed by atoms with Crippen molar-refractivity contribution >= 4 is 23.4 Å². The van der Waals surface area contributed by atoms with Gasteiger partial charge in [-0.15, -0.1) is 0 Å². The van der Waals surface area contributed by atoms with E-state index in [1.165, 1.54) is 0 Å². The number of para-hydroxylation sites is 2. The smallest absolute Gasteiger partial charge is 0.261 e. The van der Waals surface area contributed by atoms with E-state index in [1.807, 2.05) is 60.7 Å². The fraction of sp³-hybridized carbons (Fsp3) is 0.333. The first-order chi connectivity index (χ1) is 18.0. The van der Waals surface area contributed by atoms with Crippen molar-refractivity contribution in [1.82, 2.24) is 10.2 Å². The maximum atomic E-state index is 13.7. The van der Waals surface area contributed by atoms with Crippen molar-refractivity contribution in [2.24, 2.45) is 0 Å². The van der Waals surface area contributed by atoms with E-state index in [9.17, 15) is 9.59 Å². The van der Waals surface area contributed by atoms with Crippen LogP contribution in [0, 0.1) is 0 Å². The van der Waals surface area contributed by atoms with E-state index < -0.39 is 6.04 Å². The summed E-state index contributed by atoms with van der Waals surface area (Å²) < 4.78 is 11.2. The van der Waals surface area contributed by atoms with Gasteiger partial charge in [-0.1, -0.05) is 79.0 Å². The van der Waals surface area contributed by atoms with Gasteiger partial charge in [0.1, 0.15) is 6.04 Å². The van der Waals surface area contributed by atoms with Crippen molar-refractivity contribution < 1.29 is 19.1 Å². The van der Waals surface area contributed by atoms with Crippen LogP contribution < -0.4 is 14.8 Å². The summed E-state index contributed by atoms with van der Waals surface area (Å²) in [7, 11) is 1.55. The summed E-state index contributed by atoms with van der Waals surface area (Å²) in [6.07, 6.45) is 4.52. The third-order valence-corrected chi connectivity index (χ3v) is 6.87. The highest BCUT2D eigenvalue weighted by Crippen LogP contribution is 2.26. The van der Waals surface area contributed by atoms with Crippen molar-refractivity contribution in [3.8, 4) is 11.5 Å². The first-order valence-corrected chi connectivity index (χ1v) is 13.1. The van der Waals surface area contributed by atoms with E-state index in [0.29, 0.717) is 22.9 Å². The van der Waals surface area contributed by atoms with Gasteiger partial charge in [-0.3, -0.25) is 9.59 Å². The van der Waals surface area contributed by atoms with Crippen LogP contribution in [0.3, 0.4) is 0 Å². The lowest BCUT2D eigenvalue weighted by molar-refractivity contribution is -0.143. The lowest BCUT2D eigenvalue weighted by Crippen LogP contribution is -2.53. The number of methoxy groups -OCH3 is 1. The second-order valence-electron chi connectivity index (χ2n) is 9.29. The summed E-state index contributed by atoms with van der Waals surface area (Å²) in [6.45, 7) is -0.00674. The van der Waals surface area contributed by atoms with E-state index in [-0.39, 0.29) is 31.0 Å². The molecule has 0 spiro atoms. The minimum absolute atomic E-state index is 0.138. The van der Waals surface area contributed by atoms with Crippen LogP contribution in [0.2, 0.25) is 5.02 Å². The highest BCUT2D eigenvalue weighted by Gasteiger charge is 2.32. The summed E-state index contributed by atoms with van der Waals surface area (Å²) in [5.74, 6) is 0.560. The van der Waals surface area contributed by atoms with Crippen LogP contribution in [0.4, 0.5) is 0 Å². The molecule has 194 valence electrons. The van der Waals surface area contributed by atoms with Gasteiger partial charge in [0.2, 0.25) is 5.91 Å². The van der Waals surface area contributed by atoms with Gasteiger partial charge >= 0.3 is 0 Å². The number of hydrogen-bond acceptors (Lipinski definition) is 4. The van der Waals surface area contributed by atoms with Crippen molar-refractivity contribution in [2.45, 2.75) is 50.7 Å². The molecule has 1 N–H and O–H groups in total. The molecule has 1 aliphatic carbocycles. The molecule has 0 unspecified atom stereocenters. The molecule has 0 aliphatic heterocycles. The minimum atomic E-state index is -0.712. The van der Waals surface area contributed by atoms with Crippen LogP contribution in [0.15, 0.2) is 78.9 Å². The molecule has 7 heteroatoms. The van der Waals surface area contributed by atoms with Gasteiger partial charge < -0.3 is 19.7 Å². The molecule has 0 heterocycles. The third kappa shape index (κ3) is 7.49. The molecule has 1 fully saturated rings. The van der Waals surface area contributed by atoms with E-state index in [0.717, 1.165) is 36.8 Å². The molecule has 6 nitrogen and oxygen atoms in total. The van der Waals surface area contributed by atoms with Gasteiger partial charge in [0, 0.05) is 24.0 Å². The first kappa shape index (κ1) is 26.6. The van der Waals surface area contributed by atoms with Crippen LogP contribution in [-0.4, -0.2) is 42.5 Å². The maximum absolute atomic E-state index is 13.7. The van der Waals surface area contributed by atoms with Crippen LogP contribution in [0.25, 0.3) is 0 Å². The molecule has 4 rings (SSSR count). The Morgan fingerprint density at radius 2 is 1.62 bits per heavy atom. The summed E-state index contributed by atoms with van der Waals surface area (Å²) in [5, 5.41) is 3.78. The summed E-state index contributed by atoms with van der Waals surface area (Å²) in [6, 6.07) is 23.7. The van der Waals surface area contributed by atoms with Crippen LogP contribution in [0.1, 0.15) is 36.8 Å². The Labute approximate surface area is 223 Å². The number of halogens is 1. The Morgan fingerprint density at radius 3 is 2.32 bits per heavy atom. The highest BCUT2D eigenvalue weighted by molar-refractivity contribution is 6.30. The fourth-order valence-electron chi connectivity index (χ4n) is 4.71. The number of carbonyl (C=O) groups excluding carboxylic acids is 2. The number of rotatable bonds is 11. The van der Waals surface area contributed by atoms with Gasteiger partial charge in [-0.05, 0) is 48.2 Å². The molecule has 0 saturated heterocycles. The molecule has 3 aromatic rings. The zero-order valence-electron chi connectivity index (χ0n) is 21.1. The van der Waals surface area contributed by atoms with E-state index in [4.69, 9.17) is 21.1 Å². The van der Waals surface area contributed by atoms with Gasteiger partial charge in [0.25, 0.3) is 5.91 Å². The summed E-state index contributed by atoms with van der Waals surface area (Å²) >= 11 is 6.25. The molecule has 1 aliphatic rings. The second kappa shape index (κ2) is 13.2. The summed E-state index contributed by atoms with van der Waals surface area (Å²) in [5.41, 5.74) is 1.81. The topological polar surface area (TPSA) is 67.9 Å². The zero-order valence-corrected chi connectivity index (χ0v) is 21.8. The Balaban J connectivity index is 1.62. The maximum Gasteiger partial charge on any atom is 0.261 e. The molecule has 1 atom stereocenters. The first-order valence-electron chi connectivity index (χ1n) is 12.7. The lowest BCUT2D eigenvalue weighted by Gasteiger charge is -2.32. The molecular formula is C30H33ClN2O4. The van der Waals surface area contributed by atoms with E-state index in [1.54, 1.807) is 30.2 Å². The Kier molecular flexibility index (Phi) is 9.44. The third-order valence-electron chi connectivity index (χ3n) is 6.63. The predicted molar refractivity (Wildman–Crippen MR) is 145 cm³/mol. The number of amides is 2. The molecule has 1 saturated carbocycles. The molecule has 0 radical (unpaired) electrons. The number of nitrogens with one attached hydrogen (secondary N) is 1. The predicted octanol–water partition coefficient (Wildman–Crippen LogP) is 5.43. The molecule has 3 aromatic carbocycles. The van der Waals surface area contributed by atoms with Gasteiger partial charge in [0.15, 0.2) is 18.1 Å². The minimum Gasteiger partial charge on any atom is -0.493 e. The number of carbonyl (C=O) groups is 2. The Hall–Kier alpha value is -3.51. The fourth-order valence-corrected chi connectivity index (χ4v) is 4.93. The largest absolute Gasteiger partial charge is 0.493 e. The Morgan fingerprint density at radius 1 is 0.946 bits per heavy atom. The number of ether oxygens (including phenoxy) is 2. The number of benzene rings is 3. The van der Waals surface area contributed by atoms with Crippen molar-refractivity contribution in [1.29, 1.82) is 0 Å². The highest BCUT2D eigenvalue weighted by atomic mass is 35.5. The average molecular weight is 521 g/mol. The standard InChI is InChI=1S/C30H33ClN2O4/c1-36-27-16-7-8-17-28(27)37-21-29(34)33(20-23-12-9-13-24(31)18-23)26(19-22-10-3-2-4-11-22)30(35)32-25-14-5-6-15-25/h2-4,7-13,16-18,25-26H,5-6,14-15,19-21H2,1H3,(H,32,35)/t26-/m1/s1. The lowest BCUT2D eigenvalue weighted by atomic mass is 10.0. The van der Waals surface area contributed by atoms with Gasteiger partial charge in [0.05, 0.1) is 7.11 Å². The van der Waals surface area contributed by atoms with Crippen LogP contribution >= 0.6 is 11.6 Å².